The van der Waals surface area contributed by atoms with Crippen molar-refractivity contribution in [3.63, 3.8) is 0 Å². The largest absolute Gasteiger partial charge is 0.310 e. The van der Waals surface area contributed by atoms with Crippen molar-refractivity contribution in [2.24, 2.45) is 0 Å². The fourth-order valence-corrected chi connectivity index (χ4v) is 6.79. The van der Waals surface area contributed by atoms with E-state index in [4.69, 9.17) is 6.57 Å². The first-order valence-electron chi connectivity index (χ1n) is 15.5. The monoisotopic (exact) mass is 600 g/mol. The molecule has 47 heavy (non-hydrogen) atoms. The Hall–Kier alpha value is -6.62. The Bertz CT molecular complexity index is 2470. The number of rotatable bonds is 6. The summed E-state index contributed by atoms with van der Waals surface area (Å²) in [5.74, 6) is 0. The van der Waals surface area contributed by atoms with Crippen molar-refractivity contribution < 1.29 is 0 Å². The molecule has 0 spiro atoms. The first-order chi connectivity index (χ1) is 23.1. The van der Waals surface area contributed by atoms with Gasteiger partial charge in [0.05, 0.1) is 29.6 Å². The summed E-state index contributed by atoms with van der Waals surface area (Å²) in [6.07, 6.45) is 0. The highest BCUT2D eigenvalue weighted by Crippen LogP contribution is 2.48. The molecule has 0 aliphatic heterocycles. The lowest BCUT2D eigenvalue weighted by atomic mass is 9.89. The second kappa shape index (κ2) is 11.4. The molecule has 0 atom stereocenters. The SMILES string of the molecule is [C-]#[N+]c1ccc(N(c2ccccc2)c2ccc3c(C)cc4c(N(c5ccccc5)c5ccc(C#N)cc5)ccc5ccc2c3c54)cc1. The number of hydrogen-bond donors (Lipinski definition) is 0. The number of hydrogen-bond acceptors (Lipinski definition) is 3. The predicted octanol–water partition coefficient (Wildman–Crippen LogP) is 12.3. The van der Waals surface area contributed by atoms with Gasteiger partial charge in [0.15, 0.2) is 5.69 Å². The van der Waals surface area contributed by atoms with E-state index in [9.17, 15) is 5.26 Å². The van der Waals surface area contributed by atoms with E-state index < -0.39 is 0 Å². The van der Waals surface area contributed by atoms with Gasteiger partial charge in [0, 0.05) is 33.5 Å². The zero-order valence-electron chi connectivity index (χ0n) is 25.7. The van der Waals surface area contributed by atoms with Gasteiger partial charge in [0.2, 0.25) is 0 Å². The summed E-state index contributed by atoms with van der Waals surface area (Å²) in [7, 11) is 0. The van der Waals surface area contributed by atoms with E-state index in [0.717, 1.165) is 44.9 Å². The minimum Gasteiger partial charge on any atom is -0.310 e. The van der Waals surface area contributed by atoms with Crippen LogP contribution in [0.25, 0.3) is 37.2 Å². The lowest BCUT2D eigenvalue weighted by Gasteiger charge is -2.29. The van der Waals surface area contributed by atoms with E-state index in [2.05, 4.69) is 119 Å². The summed E-state index contributed by atoms with van der Waals surface area (Å²) in [4.78, 5) is 8.18. The van der Waals surface area contributed by atoms with Gasteiger partial charge in [-0.3, -0.25) is 0 Å². The van der Waals surface area contributed by atoms with E-state index in [1.807, 2.05) is 60.7 Å². The van der Waals surface area contributed by atoms with Crippen LogP contribution in [0.1, 0.15) is 11.1 Å². The topological polar surface area (TPSA) is 34.6 Å². The van der Waals surface area contributed by atoms with Gasteiger partial charge in [-0.15, -0.1) is 0 Å². The lowest BCUT2D eigenvalue weighted by Crippen LogP contribution is -2.11. The van der Waals surface area contributed by atoms with Gasteiger partial charge in [-0.25, -0.2) is 4.85 Å². The Kier molecular flexibility index (Phi) is 6.76. The van der Waals surface area contributed by atoms with Crippen LogP contribution in [0.15, 0.2) is 152 Å². The molecule has 0 fully saturated rings. The average Bonchev–Trinajstić information content (AvgIpc) is 3.13. The average molecular weight is 601 g/mol. The quantitative estimate of drug-likeness (QED) is 0.141. The molecular formula is C43H28N4. The summed E-state index contributed by atoms with van der Waals surface area (Å²) in [6.45, 7) is 9.66. The number of nitriles is 1. The molecule has 4 nitrogen and oxygen atoms in total. The minimum absolute atomic E-state index is 0.616. The van der Waals surface area contributed by atoms with Crippen LogP contribution in [0.2, 0.25) is 0 Å². The van der Waals surface area contributed by atoms with Gasteiger partial charge >= 0.3 is 0 Å². The summed E-state index contributed by atoms with van der Waals surface area (Å²) < 4.78 is 0. The molecule has 8 rings (SSSR count). The van der Waals surface area contributed by atoms with Crippen molar-refractivity contribution in [2.45, 2.75) is 6.92 Å². The van der Waals surface area contributed by atoms with Crippen molar-refractivity contribution in [2.75, 3.05) is 9.80 Å². The molecule has 8 aromatic rings. The molecule has 0 aliphatic rings. The summed E-state index contributed by atoms with van der Waals surface area (Å²) in [6, 6.07) is 54.3. The molecule has 8 aromatic carbocycles. The number of benzene rings is 8. The van der Waals surface area contributed by atoms with Crippen LogP contribution in [0.4, 0.5) is 39.8 Å². The van der Waals surface area contributed by atoms with Crippen LogP contribution < -0.4 is 9.80 Å². The third kappa shape index (κ3) is 4.68. The Balaban J connectivity index is 1.42. The van der Waals surface area contributed by atoms with Crippen molar-refractivity contribution in [3.05, 3.63) is 174 Å². The van der Waals surface area contributed by atoms with Gasteiger partial charge in [-0.1, -0.05) is 72.8 Å². The third-order valence-electron chi connectivity index (χ3n) is 8.94. The normalized spacial score (nSPS) is 11.0. The maximum absolute atomic E-state index is 9.48. The number of aryl methyl sites for hydroxylation is 1. The molecule has 0 unspecified atom stereocenters. The maximum atomic E-state index is 9.48. The van der Waals surface area contributed by atoms with Crippen LogP contribution in [-0.4, -0.2) is 0 Å². The van der Waals surface area contributed by atoms with E-state index in [-0.39, 0.29) is 0 Å². The molecule has 0 saturated heterocycles. The standard InChI is InChI=1S/C43H28N4/c1-29-27-39-41(47(34-11-7-4-8-12-34)35-19-13-30(28-44)14-20-35)25-16-31-15-23-38-40(26-24-37(29)43(38)42(31)39)46(33-9-5-3-6-10-33)36-21-17-32(45-2)18-22-36/h3-27H,1H3. The van der Waals surface area contributed by atoms with Gasteiger partial charge in [-0.2, -0.15) is 5.26 Å². The second-order valence-corrected chi connectivity index (χ2v) is 11.7. The maximum Gasteiger partial charge on any atom is 0.187 e. The summed E-state index contributed by atoms with van der Waals surface area (Å²) in [5, 5.41) is 16.6. The van der Waals surface area contributed by atoms with Crippen LogP contribution >= 0.6 is 0 Å². The van der Waals surface area contributed by atoms with E-state index in [1.165, 1.54) is 27.1 Å². The Morgan fingerprint density at radius 1 is 0.532 bits per heavy atom. The molecule has 0 saturated carbocycles. The van der Waals surface area contributed by atoms with Gasteiger partial charge < -0.3 is 9.80 Å². The highest BCUT2D eigenvalue weighted by molar-refractivity contribution is 6.28. The molecule has 0 bridgehead atoms. The lowest BCUT2D eigenvalue weighted by molar-refractivity contribution is 1.29. The molecule has 0 aliphatic carbocycles. The number of nitrogens with zero attached hydrogens (tertiary/aromatic N) is 4. The second-order valence-electron chi connectivity index (χ2n) is 11.7. The fraction of sp³-hybridized carbons (Fsp3) is 0.0233. The summed E-state index contributed by atoms with van der Waals surface area (Å²) >= 11 is 0. The molecule has 220 valence electrons. The zero-order chi connectivity index (χ0) is 31.9. The van der Waals surface area contributed by atoms with Crippen molar-refractivity contribution in [3.8, 4) is 6.07 Å². The Morgan fingerprint density at radius 2 is 1.04 bits per heavy atom. The first-order valence-corrected chi connectivity index (χ1v) is 15.5. The minimum atomic E-state index is 0.616. The van der Waals surface area contributed by atoms with Crippen LogP contribution in [0.5, 0.6) is 0 Å². The summed E-state index contributed by atoms with van der Waals surface area (Å²) in [5.41, 5.74) is 8.67. The first kappa shape index (κ1) is 27.9. The molecule has 0 aromatic heterocycles. The molecule has 4 heteroatoms. The Morgan fingerprint density at radius 3 is 1.64 bits per heavy atom. The molecule has 0 N–H and O–H groups in total. The molecule has 0 amide bonds. The van der Waals surface area contributed by atoms with Crippen molar-refractivity contribution in [1.29, 1.82) is 5.26 Å². The van der Waals surface area contributed by atoms with Crippen molar-refractivity contribution in [1.82, 2.24) is 0 Å². The molecule has 0 heterocycles. The predicted molar refractivity (Wildman–Crippen MR) is 195 cm³/mol. The van der Waals surface area contributed by atoms with Gasteiger partial charge in [-0.05, 0) is 113 Å². The fourth-order valence-electron chi connectivity index (χ4n) is 6.79. The van der Waals surface area contributed by atoms with Gasteiger partial charge in [0.25, 0.3) is 0 Å². The Labute approximate surface area is 273 Å². The van der Waals surface area contributed by atoms with E-state index >= 15 is 0 Å². The van der Waals surface area contributed by atoms with Crippen LogP contribution in [0.3, 0.4) is 0 Å². The smallest absolute Gasteiger partial charge is 0.187 e. The van der Waals surface area contributed by atoms with Gasteiger partial charge in [0.1, 0.15) is 0 Å². The molecule has 0 radical (unpaired) electrons. The van der Waals surface area contributed by atoms with Crippen LogP contribution in [0, 0.1) is 24.8 Å². The van der Waals surface area contributed by atoms with E-state index in [0.29, 0.717) is 11.3 Å². The number of anilines is 6. The van der Waals surface area contributed by atoms with Crippen molar-refractivity contribution >= 4 is 72.1 Å². The number of para-hydroxylation sites is 2. The third-order valence-corrected chi connectivity index (χ3v) is 8.94. The highest BCUT2D eigenvalue weighted by Gasteiger charge is 2.22. The highest BCUT2D eigenvalue weighted by atomic mass is 15.1. The zero-order valence-corrected chi connectivity index (χ0v) is 25.7. The molecular weight excluding hydrogens is 573 g/mol. The van der Waals surface area contributed by atoms with Crippen LogP contribution in [-0.2, 0) is 0 Å². The van der Waals surface area contributed by atoms with E-state index in [1.54, 1.807) is 0 Å².